The summed E-state index contributed by atoms with van der Waals surface area (Å²) < 4.78 is 42.3. The summed E-state index contributed by atoms with van der Waals surface area (Å²) in [7, 11) is 1.57. The van der Waals surface area contributed by atoms with Gasteiger partial charge in [-0.2, -0.15) is 13.2 Å². The SMILES string of the molecule is COCC(C)NC(N)=NCCNc1nccc(C(F)(F)F)n1.I. The van der Waals surface area contributed by atoms with Crippen molar-refractivity contribution >= 4 is 35.9 Å². The Balaban J connectivity index is 0.00000484. The van der Waals surface area contributed by atoms with Crippen LogP contribution in [0.2, 0.25) is 0 Å². The molecule has 1 heterocycles. The van der Waals surface area contributed by atoms with E-state index in [1.807, 2.05) is 6.92 Å². The zero-order valence-corrected chi connectivity index (χ0v) is 15.1. The molecule has 1 aromatic heterocycles. The van der Waals surface area contributed by atoms with E-state index in [-0.39, 0.29) is 55.0 Å². The average molecular weight is 448 g/mol. The van der Waals surface area contributed by atoms with E-state index in [1.165, 1.54) is 0 Å². The summed E-state index contributed by atoms with van der Waals surface area (Å²) in [4.78, 5) is 11.1. The molecule has 0 aliphatic carbocycles. The molecule has 0 aromatic carbocycles. The molecule has 0 saturated carbocycles. The molecule has 1 unspecified atom stereocenters. The maximum absolute atomic E-state index is 12.5. The predicted molar refractivity (Wildman–Crippen MR) is 91.9 cm³/mol. The van der Waals surface area contributed by atoms with Gasteiger partial charge in [0, 0.05) is 25.9 Å². The lowest BCUT2D eigenvalue weighted by molar-refractivity contribution is -0.141. The largest absolute Gasteiger partial charge is 0.433 e. The van der Waals surface area contributed by atoms with Crippen LogP contribution in [0.25, 0.3) is 0 Å². The van der Waals surface area contributed by atoms with Crippen molar-refractivity contribution in [1.29, 1.82) is 0 Å². The monoisotopic (exact) mass is 448 g/mol. The molecule has 7 nitrogen and oxygen atoms in total. The van der Waals surface area contributed by atoms with Gasteiger partial charge in [-0.1, -0.05) is 0 Å². The minimum Gasteiger partial charge on any atom is -0.383 e. The number of ether oxygens (including phenoxy) is 1. The minimum atomic E-state index is -4.50. The highest BCUT2D eigenvalue weighted by Gasteiger charge is 2.32. The van der Waals surface area contributed by atoms with Crippen LogP contribution in [-0.4, -0.2) is 48.8 Å². The highest BCUT2D eigenvalue weighted by molar-refractivity contribution is 14.0. The lowest BCUT2D eigenvalue weighted by Gasteiger charge is -2.13. The summed E-state index contributed by atoms with van der Waals surface area (Å²) in [5.74, 6) is 0.126. The van der Waals surface area contributed by atoms with Crippen molar-refractivity contribution in [2.45, 2.75) is 19.1 Å². The highest BCUT2D eigenvalue weighted by Crippen LogP contribution is 2.27. The van der Waals surface area contributed by atoms with E-state index < -0.39 is 11.9 Å². The van der Waals surface area contributed by atoms with E-state index >= 15 is 0 Å². The van der Waals surface area contributed by atoms with Gasteiger partial charge in [0.2, 0.25) is 5.95 Å². The fourth-order valence-electron chi connectivity index (χ4n) is 1.54. The summed E-state index contributed by atoms with van der Waals surface area (Å²) >= 11 is 0. The van der Waals surface area contributed by atoms with Gasteiger partial charge in [-0.05, 0) is 13.0 Å². The zero-order valence-electron chi connectivity index (χ0n) is 12.7. The van der Waals surface area contributed by atoms with Crippen LogP contribution in [0, 0.1) is 0 Å². The molecular weight excluding hydrogens is 428 g/mol. The molecule has 1 aromatic rings. The molecule has 23 heavy (non-hydrogen) atoms. The summed E-state index contributed by atoms with van der Waals surface area (Å²) in [6.07, 6.45) is -3.45. The van der Waals surface area contributed by atoms with Gasteiger partial charge in [-0.25, -0.2) is 9.97 Å². The van der Waals surface area contributed by atoms with Crippen molar-refractivity contribution in [3.63, 3.8) is 0 Å². The Labute approximate surface area is 149 Å². The normalized spacial score (nSPS) is 13.2. The summed E-state index contributed by atoms with van der Waals surface area (Å²) in [5.41, 5.74) is 4.64. The van der Waals surface area contributed by atoms with E-state index in [0.717, 1.165) is 12.3 Å². The van der Waals surface area contributed by atoms with Crippen LogP contribution < -0.4 is 16.4 Å². The molecule has 0 bridgehead atoms. The van der Waals surface area contributed by atoms with Crippen molar-refractivity contribution in [3.8, 4) is 0 Å². The van der Waals surface area contributed by atoms with Crippen LogP contribution in [0.1, 0.15) is 12.6 Å². The number of aliphatic imine (C=N–C) groups is 1. The molecule has 0 saturated heterocycles. The smallest absolute Gasteiger partial charge is 0.383 e. The van der Waals surface area contributed by atoms with Gasteiger partial charge in [-0.3, -0.25) is 4.99 Å². The van der Waals surface area contributed by atoms with E-state index in [2.05, 4.69) is 25.6 Å². The highest BCUT2D eigenvalue weighted by atomic mass is 127. The Bertz CT molecular complexity index is 500. The van der Waals surface area contributed by atoms with Crippen LogP contribution in [-0.2, 0) is 10.9 Å². The number of rotatable bonds is 7. The number of nitrogens with zero attached hydrogens (tertiary/aromatic N) is 3. The van der Waals surface area contributed by atoms with E-state index in [9.17, 15) is 13.2 Å². The van der Waals surface area contributed by atoms with Crippen molar-refractivity contribution < 1.29 is 17.9 Å². The second-order valence-electron chi connectivity index (χ2n) is 4.46. The second kappa shape index (κ2) is 10.4. The molecule has 1 rings (SSSR count). The molecule has 0 aliphatic rings. The Morgan fingerprint density at radius 2 is 2.17 bits per heavy atom. The molecule has 0 fully saturated rings. The number of hydrogen-bond acceptors (Lipinski definition) is 5. The molecule has 0 aliphatic heterocycles. The lowest BCUT2D eigenvalue weighted by Crippen LogP contribution is -2.40. The maximum Gasteiger partial charge on any atom is 0.433 e. The third kappa shape index (κ3) is 8.74. The first-order valence-electron chi connectivity index (χ1n) is 6.52. The standard InChI is InChI=1S/C12H19F3N6O.HI/c1-8(7-22-2)20-10(16)17-5-6-19-11-18-4-3-9(21-11)12(13,14)15;/h3-4,8H,5-7H2,1-2H3,(H3,16,17,20)(H,18,19,21);1H. The van der Waals surface area contributed by atoms with Crippen LogP contribution in [0.3, 0.4) is 0 Å². The van der Waals surface area contributed by atoms with E-state index in [4.69, 9.17) is 10.5 Å². The number of aromatic nitrogens is 2. The van der Waals surface area contributed by atoms with Gasteiger partial charge in [0.05, 0.1) is 13.2 Å². The first-order chi connectivity index (χ1) is 10.3. The van der Waals surface area contributed by atoms with Crippen molar-refractivity contribution in [1.82, 2.24) is 15.3 Å². The summed E-state index contributed by atoms with van der Waals surface area (Å²) in [6.45, 7) is 2.87. The molecule has 0 spiro atoms. The third-order valence-corrected chi connectivity index (χ3v) is 2.43. The van der Waals surface area contributed by atoms with Crippen molar-refractivity contribution in [2.24, 2.45) is 10.7 Å². The van der Waals surface area contributed by atoms with Crippen molar-refractivity contribution in [3.05, 3.63) is 18.0 Å². The Hall–Kier alpha value is -1.37. The Morgan fingerprint density at radius 1 is 1.48 bits per heavy atom. The van der Waals surface area contributed by atoms with Gasteiger partial charge >= 0.3 is 6.18 Å². The van der Waals surface area contributed by atoms with Crippen LogP contribution in [0.4, 0.5) is 19.1 Å². The molecule has 0 radical (unpaired) electrons. The summed E-state index contributed by atoms with van der Waals surface area (Å²) in [5, 5.41) is 5.56. The zero-order chi connectivity index (χ0) is 16.6. The van der Waals surface area contributed by atoms with Gasteiger partial charge in [0.25, 0.3) is 0 Å². The van der Waals surface area contributed by atoms with Gasteiger partial charge in [0.1, 0.15) is 5.69 Å². The third-order valence-electron chi connectivity index (χ3n) is 2.43. The number of hydrogen-bond donors (Lipinski definition) is 3. The fourth-order valence-corrected chi connectivity index (χ4v) is 1.54. The second-order valence-corrected chi connectivity index (χ2v) is 4.46. The van der Waals surface area contributed by atoms with Crippen molar-refractivity contribution in [2.75, 3.05) is 32.1 Å². The number of methoxy groups -OCH3 is 1. The Kier molecular flexibility index (Phi) is 9.79. The van der Waals surface area contributed by atoms with Crippen LogP contribution >= 0.6 is 24.0 Å². The maximum atomic E-state index is 12.5. The Morgan fingerprint density at radius 3 is 2.78 bits per heavy atom. The molecule has 4 N–H and O–H groups in total. The fraction of sp³-hybridized carbons (Fsp3) is 0.583. The van der Waals surface area contributed by atoms with Gasteiger partial charge < -0.3 is 21.1 Å². The van der Waals surface area contributed by atoms with E-state index in [0.29, 0.717) is 6.61 Å². The molecule has 1 atom stereocenters. The predicted octanol–water partition coefficient (Wildman–Crippen LogP) is 1.46. The van der Waals surface area contributed by atoms with Gasteiger partial charge in [0.15, 0.2) is 5.96 Å². The number of guanidine groups is 1. The number of anilines is 1. The van der Waals surface area contributed by atoms with Crippen LogP contribution in [0.15, 0.2) is 17.3 Å². The molecule has 132 valence electrons. The number of nitrogens with one attached hydrogen (secondary N) is 2. The molecule has 0 amide bonds. The number of alkyl halides is 3. The lowest BCUT2D eigenvalue weighted by atomic mass is 10.4. The minimum absolute atomic E-state index is 0. The summed E-state index contributed by atoms with van der Waals surface area (Å²) in [6, 6.07) is 0.816. The average Bonchev–Trinajstić information content (AvgIpc) is 2.43. The molecule has 11 heteroatoms. The molecular formula is C12H20F3IN6O. The van der Waals surface area contributed by atoms with Gasteiger partial charge in [-0.15, -0.1) is 24.0 Å². The first kappa shape index (κ1) is 21.6. The quantitative estimate of drug-likeness (QED) is 0.253. The topological polar surface area (TPSA) is 97.5 Å². The van der Waals surface area contributed by atoms with Crippen LogP contribution in [0.5, 0.6) is 0 Å². The first-order valence-corrected chi connectivity index (χ1v) is 6.52. The number of nitrogens with two attached hydrogens (primary N) is 1. The van der Waals surface area contributed by atoms with E-state index in [1.54, 1.807) is 7.11 Å². The number of halogens is 4.